The van der Waals surface area contributed by atoms with Gasteiger partial charge in [-0.05, 0) is 23.4 Å². The number of rotatable bonds is 2. The number of thiophene rings is 1. The summed E-state index contributed by atoms with van der Waals surface area (Å²) in [6.45, 7) is 0.488. The first-order chi connectivity index (χ1) is 9.50. The molecule has 3 heterocycles. The number of amides is 2. The van der Waals surface area contributed by atoms with E-state index in [9.17, 15) is 19.5 Å². The summed E-state index contributed by atoms with van der Waals surface area (Å²) in [7, 11) is 1.44. The van der Waals surface area contributed by atoms with Gasteiger partial charge in [-0.25, -0.2) is 0 Å². The number of fused-ring (bicyclic) bond motifs is 1. The summed E-state index contributed by atoms with van der Waals surface area (Å²) in [5.74, 6) is -1.53. The first kappa shape index (κ1) is 13.3. The third-order valence-electron chi connectivity index (χ3n) is 4.00. The molecule has 0 spiro atoms. The van der Waals surface area contributed by atoms with Crippen molar-refractivity contribution in [2.24, 2.45) is 0 Å². The Labute approximate surface area is 119 Å². The van der Waals surface area contributed by atoms with Crippen LogP contribution in [0.1, 0.15) is 22.9 Å². The number of likely N-dealkylation sites (tertiary alicyclic amines) is 1. The lowest BCUT2D eigenvalue weighted by molar-refractivity contribution is -0.146. The van der Waals surface area contributed by atoms with E-state index in [1.165, 1.54) is 7.05 Å². The van der Waals surface area contributed by atoms with Crippen molar-refractivity contribution in [2.75, 3.05) is 13.6 Å². The van der Waals surface area contributed by atoms with E-state index in [-0.39, 0.29) is 18.2 Å². The Morgan fingerprint density at radius 1 is 1.45 bits per heavy atom. The van der Waals surface area contributed by atoms with Gasteiger partial charge in [0.05, 0.1) is 12.5 Å². The minimum Gasteiger partial charge on any atom is -0.480 e. The van der Waals surface area contributed by atoms with Gasteiger partial charge in [-0.15, -0.1) is 11.3 Å². The van der Waals surface area contributed by atoms with E-state index in [0.29, 0.717) is 6.54 Å². The summed E-state index contributed by atoms with van der Waals surface area (Å²) in [4.78, 5) is 39.2. The van der Waals surface area contributed by atoms with Crippen LogP contribution in [-0.2, 0) is 20.8 Å². The Balaban J connectivity index is 1.96. The van der Waals surface area contributed by atoms with Crippen LogP contribution in [0.2, 0.25) is 0 Å². The second kappa shape index (κ2) is 4.68. The molecule has 2 atom stereocenters. The summed E-state index contributed by atoms with van der Waals surface area (Å²) < 4.78 is 0. The molecule has 2 unspecified atom stereocenters. The number of imide groups is 1. The van der Waals surface area contributed by atoms with Crippen LogP contribution in [0.3, 0.4) is 0 Å². The lowest BCUT2D eigenvalue weighted by atomic mass is 9.97. The van der Waals surface area contributed by atoms with Gasteiger partial charge in [0.15, 0.2) is 0 Å². The summed E-state index contributed by atoms with van der Waals surface area (Å²) in [5.41, 5.74) is 0.753. The average molecular weight is 294 g/mol. The lowest BCUT2D eigenvalue weighted by Crippen LogP contribution is -2.48. The molecule has 7 heteroatoms. The molecule has 20 heavy (non-hydrogen) atoms. The fraction of sp³-hybridized carbons (Fsp3) is 0.462. The van der Waals surface area contributed by atoms with Crippen LogP contribution >= 0.6 is 11.3 Å². The van der Waals surface area contributed by atoms with E-state index in [1.54, 1.807) is 22.3 Å². The van der Waals surface area contributed by atoms with Gasteiger partial charge in [-0.3, -0.25) is 24.2 Å². The number of nitrogens with zero attached hydrogens (tertiary/aromatic N) is 2. The molecular weight excluding hydrogens is 280 g/mol. The van der Waals surface area contributed by atoms with Gasteiger partial charge in [-0.1, -0.05) is 0 Å². The maximum atomic E-state index is 12.1. The largest absolute Gasteiger partial charge is 0.480 e. The molecule has 3 rings (SSSR count). The maximum absolute atomic E-state index is 12.1. The second-order valence-corrected chi connectivity index (χ2v) is 6.04. The second-order valence-electron chi connectivity index (χ2n) is 5.04. The van der Waals surface area contributed by atoms with E-state index in [1.807, 2.05) is 5.38 Å². The molecular formula is C13H14N2O4S. The molecule has 2 aliphatic heterocycles. The number of carboxylic acid groups (broad SMARTS) is 1. The third kappa shape index (κ3) is 1.85. The Bertz CT molecular complexity index is 597. The van der Waals surface area contributed by atoms with Crippen LogP contribution in [0.5, 0.6) is 0 Å². The van der Waals surface area contributed by atoms with E-state index < -0.39 is 18.1 Å². The zero-order chi connectivity index (χ0) is 14.4. The highest BCUT2D eigenvalue weighted by atomic mass is 32.1. The average Bonchev–Trinajstić information content (AvgIpc) is 2.97. The van der Waals surface area contributed by atoms with Crippen LogP contribution < -0.4 is 0 Å². The standard InChI is InChI=1S/C13H14N2O4S/c1-14-10(16)6-8(12(14)17)15-4-2-9-7(3-5-20-9)11(15)13(18)19/h3,5,8,11H,2,4,6H2,1H3,(H,18,19). The molecule has 2 aliphatic rings. The molecule has 0 bridgehead atoms. The summed E-state index contributed by atoms with van der Waals surface area (Å²) in [6, 6.07) is 0.315. The van der Waals surface area contributed by atoms with Crippen molar-refractivity contribution < 1.29 is 19.5 Å². The number of carbonyl (C=O) groups excluding carboxylic acids is 2. The summed E-state index contributed by atoms with van der Waals surface area (Å²) in [6.07, 6.45) is 0.789. The van der Waals surface area contributed by atoms with Gasteiger partial charge >= 0.3 is 5.97 Å². The van der Waals surface area contributed by atoms with Crippen molar-refractivity contribution in [1.82, 2.24) is 9.80 Å². The van der Waals surface area contributed by atoms with Crippen molar-refractivity contribution in [1.29, 1.82) is 0 Å². The van der Waals surface area contributed by atoms with Crippen molar-refractivity contribution in [2.45, 2.75) is 24.9 Å². The van der Waals surface area contributed by atoms with Crippen LogP contribution in [0.4, 0.5) is 0 Å². The topological polar surface area (TPSA) is 77.9 Å². The highest BCUT2D eigenvalue weighted by molar-refractivity contribution is 7.10. The molecule has 6 nitrogen and oxygen atoms in total. The van der Waals surface area contributed by atoms with Crippen LogP contribution in [0.15, 0.2) is 11.4 Å². The van der Waals surface area contributed by atoms with Gasteiger partial charge in [-0.2, -0.15) is 0 Å². The third-order valence-corrected chi connectivity index (χ3v) is 4.99. The van der Waals surface area contributed by atoms with Gasteiger partial charge in [0.25, 0.3) is 0 Å². The van der Waals surface area contributed by atoms with Crippen molar-refractivity contribution >= 4 is 29.1 Å². The minimum atomic E-state index is -0.973. The van der Waals surface area contributed by atoms with Crippen LogP contribution in [-0.4, -0.2) is 52.3 Å². The Hall–Kier alpha value is -1.73. The molecule has 0 saturated carbocycles. The lowest BCUT2D eigenvalue weighted by Gasteiger charge is -2.36. The number of carboxylic acids is 1. The molecule has 0 aliphatic carbocycles. The van der Waals surface area contributed by atoms with Gasteiger partial charge in [0.1, 0.15) is 6.04 Å². The SMILES string of the molecule is CN1C(=O)CC(N2CCc3sccc3C2C(=O)O)C1=O. The van der Waals surface area contributed by atoms with Gasteiger partial charge in [0.2, 0.25) is 11.8 Å². The fourth-order valence-corrected chi connectivity index (χ4v) is 3.85. The molecule has 2 amide bonds. The number of hydrogen-bond donors (Lipinski definition) is 1. The zero-order valence-corrected chi connectivity index (χ0v) is 11.7. The normalized spacial score (nSPS) is 26.9. The fourth-order valence-electron chi connectivity index (χ4n) is 2.94. The predicted octanol–water partition coefficient (Wildman–Crippen LogP) is 0.489. The molecule has 1 fully saturated rings. The van der Waals surface area contributed by atoms with E-state index >= 15 is 0 Å². The minimum absolute atomic E-state index is 0.0680. The van der Waals surface area contributed by atoms with Crippen LogP contribution in [0.25, 0.3) is 0 Å². The highest BCUT2D eigenvalue weighted by Crippen LogP contribution is 2.36. The molecule has 1 saturated heterocycles. The van der Waals surface area contributed by atoms with Crippen molar-refractivity contribution in [3.8, 4) is 0 Å². The number of carbonyl (C=O) groups is 3. The summed E-state index contributed by atoms with van der Waals surface area (Å²) >= 11 is 1.54. The highest BCUT2D eigenvalue weighted by Gasteiger charge is 2.46. The Kier molecular flexibility index (Phi) is 3.10. The molecule has 106 valence electrons. The van der Waals surface area contributed by atoms with E-state index in [0.717, 1.165) is 21.8 Å². The maximum Gasteiger partial charge on any atom is 0.325 e. The Morgan fingerprint density at radius 2 is 2.20 bits per heavy atom. The first-order valence-corrected chi connectivity index (χ1v) is 7.24. The van der Waals surface area contributed by atoms with Crippen molar-refractivity contribution in [3.63, 3.8) is 0 Å². The molecule has 1 aromatic rings. The first-order valence-electron chi connectivity index (χ1n) is 6.36. The molecule has 0 radical (unpaired) electrons. The predicted molar refractivity (Wildman–Crippen MR) is 71.3 cm³/mol. The van der Waals surface area contributed by atoms with Gasteiger partial charge in [0, 0.05) is 18.5 Å². The molecule has 0 aromatic carbocycles. The zero-order valence-electron chi connectivity index (χ0n) is 10.9. The number of aliphatic carboxylic acids is 1. The van der Waals surface area contributed by atoms with Crippen molar-refractivity contribution in [3.05, 3.63) is 21.9 Å². The number of hydrogen-bond acceptors (Lipinski definition) is 5. The molecule has 1 N–H and O–H groups in total. The quantitative estimate of drug-likeness (QED) is 0.803. The monoisotopic (exact) mass is 294 g/mol. The van der Waals surface area contributed by atoms with Crippen LogP contribution in [0, 0.1) is 0 Å². The smallest absolute Gasteiger partial charge is 0.325 e. The van der Waals surface area contributed by atoms with E-state index in [2.05, 4.69) is 0 Å². The Morgan fingerprint density at radius 3 is 2.80 bits per heavy atom. The van der Waals surface area contributed by atoms with Gasteiger partial charge < -0.3 is 5.11 Å². The van der Waals surface area contributed by atoms with E-state index in [4.69, 9.17) is 0 Å². The number of likely N-dealkylation sites (N-methyl/N-ethyl adjacent to an activating group) is 1. The summed E-state index contributed by atoms with van der Waals surface area (Å²) in [5, 5.41) is 11.4. The molecule has 1 aromatic heterocycles.